The van der Waals surface area contributed by atoms with E-state index in [1.165, 1.54) is 22.3 Å². The molecule has 3 aromatic rings. The zero-order valence-corrected chi connectivity index (χ0v) is 16.1. The smallest absolute Gasteiger partial charge is 0.0398 e. The van der Waals surface area contributed by atoms with Gasteiger partial charge in [-0.25, -0.2) is 0 Å². The molecule has 0 heteroatoms. The number of hydrogen-bond donors (Lipinski definition) is 0. The average Bonchev–Trinajstić information content (AvgIpc) is 2.62. The van der Waals surface area contributed by atoms with Crippen molar-refractivity contribution in [1.29, 1.82) is 0 Å². The molecule has 0 amide bonds. The third kappa shape index (κ3) is 12.2. The Hall–Kier alpha value is -2.34. The maximum atomic E-state index is 2.12. The van der Waals surface area contributed by atoms with Crippen LogP contribution in [0.4, 0.5) is 0 Å². The fraction of sp³-hybridized carbons (Fsp3) is 0.250. The van der Waals surface area contributed by atoms with Gasteiger partial charge in [0.05, 0.1) is 0 Å². The molecule has 3 rings (SSSR count). The highest BCUT2D eigenvalue weighted by Gasteiger charge is 1.79. The van der Waals surface area contributed by atoms with Gasteiger partial charge in [-0.1, -0.05) is 121 Å². The van der Waals surface area contributed by atoms with E-state index in [4.69, 9.17) is 0 Å². The van der Waals surface area contributed by atoms with Crippen LogP contribution in [0, 0.1) is 27.7 Å². The van der Waals surface area contributed by atoms with Crippen LogP contribution in [-0.4, -0.2) is 0 Å². The predicted molar refractivity (Wildman–Crippen MR) is 110 cm³/mol. The zero-order valence-electron chi connectivity index (χ0n) is 16.1. The van der Waals surface area contributed by atoms with Crippen molar-refractivity contribution < 1.29 is 0 Å². The third-order valence-electron chi connectivity index (χ3n) is 3.10. The summed E-state index contributed by atoms with van der Waals surface area (Å²) in [5.41, 5.74) is 5.30. The molecule has 0 saturated heterocycles. The van der Waals surface area contributed by atoms with E-state index in [1.807, 2.05) is 50.2 Å². The molecule has 24 heavy (non-hydrogen) atoms. The lowest BCUT2D eigenvalue weighted by molar-refractivity contribution is 1.40. The molecule has 0 N–H and O–H groups in total. The summed E-state index contributed by atoms with van der Waals surface area (Å²) in [5, 5.41) is 0. The Kier molecular flexibility index (Phi) is 12.9. The highest BCUT2D eigenvalue weighted by molar-refractivity contribution is 5.19. The maximum absolute atomic E-state index is 2.12. The van der Waals surface area contributed by atoms with Gasteiger partial charge in [-0.15, -0.1) is 0 Å². The summed E-state index contributed by atoms with van der Waals surface area (Å²) in [7, 11) is 0. The highest BCUT2D eigenvalue weighted by Crippen LogP contribution is 1.99. The molecule has 0 nitrogen and oxygen atoms in total. The van der Waals surface area contributed by atoms with Crippen molar-refractivity contribution in [2.75, 3.05) is 0 Å². The van der Waals surface area contributed by atoms with Gasteiger partial charge in [-0.2, -0.15) is 0 Å². The summed E-state index contributed by atoms with van der Waals surface area (Å²) in [5.74, 6) is 0. The van der Waals surface area contributed by atoms with Crippen molar-refractivity contribution in [2.24, 2.45) is 0 Å². The molecule has 0 heterocycles. The molecule has 0 saturated carbocycles. The van der Waals surface area contributed by atoms with Crippen LogP contribution < -0.4 is 0 Å². The van der Waals surface area contributed by atoms with Crippen molar-refractivity contribution >= 4 is 0 Å². The van der Waals surface area contributed by atoms with Gasteiger partial charge in [-0.3, -0.25) is 0 Å². The SMILES string of the molecule is CC.Cc1ccc(C)cc1.Cc1ccccc1.Cc1ccccc1. The molecule has 0 aliphatic carbocycles. The van der Waals surface area contributed by atoms with Crippen LogP contribution in [0.25, 0.3) is 0 Å². The molecule has 0 spiro atoms. The van der Waals surface area contributed by atoms with Gasteiger partial charge < -0.3 is 0 Å². The quantitative estimate of drug-likeness (QED) is 0.407. The second-order valence-corrected chi connectivity index (χ2v) is 5.46. The largest absolute Gasteiger partial charge is 0.0683 e. The van der Waals surface area contributed by atoms with Crippen molar-refractivity contribution in [3.8, 4) is 0 Å². The summed E-state index contributed by atoms with van der Waals surface area (Å²) in [4.78, 5) is 0. The summed E-state index contributed by atoms with van der Waals surface area (Å²) < 4.78 is 0. The fourth-order valence-electron chi connectivity index (χ4n) is 1.71. The minimum Gasteiger partial charge on any atom is -0.0683 e. The van der Waals surface area contributed by atoms with Crippen LogP contribution in [0.1, 0.15) is 36.1 Å². The molecule has 0 bridgehead atoms. The Morgan fingerprint density at radius 1 is 0.333 bits per heavy atom. The van der Waals surface area contributed by atoms with E-state index in [1.54, 1.807) is 0 Å². The van der Waals surface area contributed by atoms with Crippen LogP contribution in [-0.2, 0) is 0 Å². The minimum atomic E-state index is 1.32. The highest BCUT2D eigenvalue weighted by atomic mass is 13.9. The van der Waals surface area contributed by atoms with Gasteiger partial charge in [0, 0.05) is 0 Å². The molecule has 0 aliphatic rings. The Bertz CT molecular complexity index is 549. The molecule has 0 fully saturated rings. The zero-order chi connectivity index (χ0) is 18.2. The number of aryl methyl sites for hydroxylation is 4. The lowest BCUT2D eigenvalue weighted by atomic mass is 10.2. The van der Waals surface area contributed by atoms with E-state index in [-0.39, 0.29) is 0 Å². The Morgan fingerprint density at radius 3 is 0.708 bits per heavy atom. The van der Waals surface area contributed by atoms with Crippen LogP contribution in [0.15, 0.2) is 84.9 Å². The third-order valence-corrected chi connectivity index (χ3v) is 3.10. The summed E-state index contributed by atoms with van der Waals surface area (Å²) >= 11 is 0. The van der Waals surface area contributed by atoms with Gasteiger partial charge in [0.15, 0.2) is 0 Å². The first-order valence-electron chi connectivity index (χ1n) is 8.64. The second kappa shape index (κ2) is 14.3. The molecule has 0 aromatic heterocycles. The van der Waals surface area contributed by atoms with Crippen molar-refractivity contribution in [2.45, 2.75) is 41.5 Å². The topological polar surface area (TPSA) is 0 Å². The molecular weight excluding hydrogens is 288 g/mol. The van der Waals surface area contributed by atoms with Crippen LogP contribution in [0.2, 0.25) is 0 Å². The second-order valence-electron chi connectivity index (χ2n) is 5.46. The molecule has 3 aromatic carbocycles. The van der Waals surface area contributed by atoms with Gasteiger partial charge in [0.1, 0.15) is 0 Å². The Balaban J connectivity index is 0.000000315. The monoisotopic (exact) mass is 320 g/mol. The van der Waals surface area contributed by atoms with Crippen molar-refractivity contribution in [3.63, 3.8) is 0 Å². The Morgan fingerprint density at radius 2 is 0.542 bits per heavy atom. The first kappa shape index (κ1) is 21.7. The van der Waals surface area contributed by atoms with E-state index in [9.17, 15) is 0 Å². The lowest BCUT2D eigenvalue weighted by Crippen LogP contribution is -1.70. The summed E-state index contributed by atoms with van der Waals surface area (Å²) in [6.07, 6.45) is 0. The van der Waals surface area contributed by atoms with E-state index in [2.05, 4.69) is 76.2 Å². The van der Waals surface area contributed by atoms with E-state index in [0.29, 0.717) is 0 Å². The summed E-state index contributed by atoms with van der Waals surface area (Å²) in [6, 6.07) is 29.0. The predicted octanol–water partition coefficient (Wildman–Crippen LogP) is 7.32. The van der Waals surface area contributed by atoms with Crippen LogP contribution in [0.3, 0.4) is 0 Å². The van der Waals surface area contributed by atoms with E-state index in [0.717, 1.165) is 0 Å². The molecular formula is C24H32. The standard InChI is InChI=1S/C8H10.2C7H8.C2H6/c1-7-3-5-8(2)6-4-7;2*1-7-5-3-2-4-6-7;1-2/h3-6H,1-2H3;2*2-6H,1H3;1-2H3. The normalized spacial score (nSPS) is 8.42. The number of rotatable bonds is 0. The average molecular weight is 321 g/mol. The van der Waals surface area contributed by atoms with Crippen molar-refractivity contribution in [1.82, 2.24) is 0 Å². The van der Waals surface area contributed by atoms with Gasteiger partial charge in [-0.05, 0) is 27.7 Å². The molecule has 0 aliphatic heterocycles. The fourth-order valence-corrected chi connectivity index (χ4v) is 1.71. The van der Waals surface area contributed by atoms with Gasteiger partial charge in [0.25, 0.3) is 0 Å². The maximum Gasteiger partial charge on any atom is -0.0398 e. The van der Waals surface area contributed by atoms with E-state index < -0.39 is 0 Å². The molecule has 0 radical (unpaired) electrons. The number of benzene rings is 3. The first-order chi connectivity index (χ1) is 11.6. The van der Waals surface area contributed by atoms with E-state index >= 15 is 0 Å². The minimum absolute atomic E-state index is 1.32. The van der Waals surface area contributed by atoms with Crippen LogP contribution in [0.5, 0.6) is 0 Å². The van der Waals surface area contributed by atoms with Gasteiger partial charge in [0.2, 0.25) is 0 Å². The molecule has 0 atom stereocenters. The lowest BCUT2D eigenvalue weighted by Gasteiger charge is -1.90. The van der Waals surface area contributed by atoms with Crippen molar-refractivity contribution in [3.05, 3.63) is 107 Å². The molecule has 128 valence electrons. The summed E-state index contributed by atoms with van der Waals surface area (Å²) in [6.45, 7) is 12.4. The number of hydrogen-bond acceptors (Lipinski definition) is 0. The Labute approximate surface area is 149 Å². The van der Waals surface area contributed by atoms with Crippen LogP contribution >= 0.6 is 0 Å². The molecule has 0 unspecified atom stereocenters. The first-order valence-corrected chi connectivity index (χ1v) is 8.64. The van der Waals surface area contributed by atoms with Gasteiger partial charge >= 0.3 is 0 Å².